The minimum atomic E-state index is 0.709. The van der Waals surface area contributed by atoms with Crippen LogP contribution >= 0.6 is 11.3 Å². The van der Waals surface area contributed by atoms with E-state index in [0.29, 0.717) is 5.57 Å². The van der Waals surface area contributed by atoms with Gasteiger partial charge < -0.3 is 4.90 Å². The van der Waals surface area contributed by atoms with Crippen molar-refractivity contribution < 1.29 is 0 Å². The average molecular weight is 178 g/mol. The zero-order valence-electron chi connectivity index (χ0n) is 7.11. The molecule has 0 aromatic carbocycles. The molecule has 0 atom stereocenters. The Bertz CT molecular complexity index is 304. The topological polar surface area (TPSA) is 27.0 Å². The Hall–Kier alpha value is -1.27. The molecule has 0 fully saturated rings. The van der Waals surface area contributed by atoms with Crippen LogP contribution in [0.2, 0.25) is 0 Å². The van der Waals surface area contributed by atoms with E-state index in [0.717, 1.165) is 5.56 Å². The maximum Gasteiger partial charge on any atom is 0.101 e. The molecule has 0 aliphatic heterocycles. The van der Waals surface area contributed by atoms with Crippen LogP contribution in [0.25, 0.3) is 5.57 Å². The van der Waals surface area contributed by atoms with Crippen molar-refractivity contribution in [3.63, 3.8) is 0 Å². The largest absolute Gasteiger partial charge is 0.382 e. The van der Waals surface area contributed by atoms with E-state index in [1.807, 2.05) is 42.0 Å². The smallest absolute Gasteiger partial charge is 0.101 e. The van der Waals surface area contributed by atoms with Crippen molar-refractivity contribution >= 4 is 16.9 Å². The maximum atomic E-state index is 8.81. The molecule has 0 aliphatic carbocycles. The second-order valence-electron chi connectivity index (χ2n) is 2.63. The number of allylic oxidation sites excluding steroid dienone is 1. The summed E-state index contributed by atoms with van der Waals surface area (Å²) in [4.78, 5) is 1.87. The molecule has 0 amide bonds. The summed E-state index contributed by atoms with van der Waals surface area (Å²) in [6, 6.07) is 4.11. The third kappa shape index (κ3) is 2.11. The number of rotatable bonds is 2. The molecule has 12 heavy (non-hydrogen) atoms. The summed E-state index contributed by atoms with van der Waals surface area (Å²) < 4.78 is 0. The Morgan fingerprint density at radius 1 is 1.67 bits per heavy atom. The molecule has 0 spiro atoms. The zero-order chi connectivity index (χ0) is 8.97. The van der Waals surface area contributed by atoms with Crippen LogP contribution in [0.4, 0.5) is 0 Å². The molecule has 0 aliphatic rings. The number of thiophene rings is 1. The molecule has 1 heterocycles. The van der Waals surface area contributed by atoms with Crippen LogP contribution < -0.4 is 0 Å². The molecule has 2 nitrogen and oxygen atoms in total. The number of hydrogen-bond acceptors (Lipinski definition) is 3. The second-order valence-corrected chi connectivity index (χ2v) is 3.41. The number of nitriles is 1. The Morgan fingerprint density at radius 3 is 2.83 bits per heavy atom. The monoisotopic (exact) mass is 178 g/mol. The molecule has 0 saturated carbocycles. The van der Waals surface area contributed by atoms with Gasteiger partial charge in [-0.2, -0.15) is 16.6 Å². The highest BCUT2D eigenvalue weighted by Crippen LogP contribution is 2.16. The maximum absolute atomic E-state index is 8.81. The third-order valence-corrected chi connectivity index (χ3v) is 2.02. The van der Waals surface area contributed by atoms with Crippen molar-refractivity contribution in [2.24, 2.45) is 0 Å². The lowest BCUT2D eigenvalue weighted by Crippen LogP contribution is -2.01. The summed E-state index contributed by atoms with van der Waals surface area (Å²) in [7, 11) is 3.81. The van der Waals surface area contributed by atoms with E-state index < -0.39 is 0 Å². The van der Waals surface area contributed by atoms with Gasteiger partial charge in [0, 0.05) is 25.9 Å². The molecule has 62 valence electrons. The van der Waals surface area contributed by atoms with Crippen molar-refractivity contribution in [1.29, 1.82) is 5.26 Å². The zero-order valence-corrected chi connectivity index (χ0v) is 7.93. The number of nitrogens with zero attached hydrogens (tertiary/aromatic N) is 2. The van der Waals surface area contributed by atoms with Crippen molar-refractivity contribution in [2.45, 2.75) is 0 Å². The molecule has 1 aromatic rings. The first-order chi connectivity index (χ1) is 5.74. The molecule has 1 rings (SSSR count). The van der Waals surface area contributed by atoms with Crippen LogP contribution in [0.1, 0.15) is 5.56 Å². The summed E-state index contributed by atoms with van der Waals surface area (Å²) in [5.41, 5.74) is 1.71. The first-order valence-electron chi connectivity index (χ1n) is 3.55. The molecule has 0 bridgehead atoms. The predicted octanol–water partition coefficient (Wildman–Crippen LogP) is 2.17. The van der Waals surface area contributed by atoms with Gasteiger partial charge in [0.2, 0.25) is 0 Å². The van der Waals surface area contributed by atoms with Gasteiger partial charge in [-0.05, 0) is 16.8 Å². The van der Waals surface area contributed by atoms with Crippen LogP contribution in [-0.2, 0) is 0 Å². The fourth-order valence-corrected chi connectivity index (χ4v) is 1.50. The van der Waals surface area contributed by atoms with Crippen LogP contribution in [0, 0.1) is 11.3 Å². The quantitative estimate of drug-likeness (QED) is 0.649. The van der Waals surface area contributed by atoms with Crippen molar-refractivity contribution in [3.05, 3.63) is 28.6 Å². The third-order valence-electron chi connectivity index (χ3n) is 1.34. The molecular formula is C9H10N2S. The number of hydrogen-bond donors (Lipinski definition) is 0. The van der Waals surface area contributed by atoms with Gasteiger partial charge in [-0.25, -0.2) is 0 Å². The highest BCUT2D eigenvalue weighted by atomic mass is 32.1. The Labute approximate surface area is 76.4 Å². The van der Waals surface area contributed by atoms with Gasteiger partial charge in [-0.1, -0.05) is 0 Å². The minimum absolute atomic E-state index is 0.709. The van der Waals surface area contributed by atoms with E-state index in [9.17, 15) is 0 Å². The highest BCUT2D eigenvalue weighted by Gasteiger charge is 1.99. The van der Waals surface area contributed by atoms with Crippen LogP contribution in [-0.4, -0.2) is 19.0 Å². The van der Waals surface area contributed by atoms with Crippen LogP contribution in [0.3, 0.4) is 0 Å². The summed E-state index contributed by atoms with van der Waals surface area (Å²) in [5, 5.41) is 12.7. The molecule has 0 unspecified atom stereocenters. The Morgan fingerprint density at radius 2 is 2.42 bits per heavy atom. The van der Waals surface area contributed by atoms with Gasteiger partial charge in [-0.15, -0.1) is 0 Å². The molecule has 3 heteroatoms. The Balaban J connectivity index is 2.93. The van der Waals surface area contributed by atoms with E-state index in [4.69, 9.17) is 5.26 Å². The molecular weight excluding hydrogens is 168 g/mol. The van der Waals surface area contributed by atoms with E-state index in [1.54, 1.807) is 11.3 Å². The van der Waals surface area contributed by atoms with Crippen LogP contribution in [0.5, 0.6) is 0 Å². The van der Waals surface area contributed by atoms with Crippen molar-refractivity contribution in [2.75, 3.05) is 14.1 Å². The fourth-order valence-electron chi connectivity index (χ4n) is 0.844. The van der Waals surface area contributed by atoms with Gasteiger partial charge >= 0.3 is 0 Å². The van der Waals surface area contributed by atoms with Gasteiger partial charge in [0.1, 0.15) is 6.07 Å². The second kappa shape index (κ2) is 3.93. The molecule has 0 radical (unpaired) electrons. The minimum Gasteiger partial charge on any atom is -0.382 e. The normalized spacial score (nSPS) is 10.9. The first kappa shape index (κ1) is 8.82. The van der Waals surface area contributed by atoms with Crippen LogP contribution in [0.15, 0.2) is 23.0 Å². The summed E-state index contributed by atoms with van der Waals surface area (Å²) in [5.74, 6) is 0. The lowest BCUT2D eigenvalue weighted by atomic mass is 10.2. The van der Waals surface area contributed by atoms with Gasteiger partial charge in [0.15, 0.2) is 0 Å². The molecule has 0 saturated heterocycles. The first-order valence-corrected chi connectivity index (χ1v) is 4.49. The lowest BCUT2D eigenvalue weighted by Gasteiger charge is -2.04. The van der Waals surface area contributed by atoms with Gasteiger partial charge in [-0.3, -0.25) is 0 Å². The van der Waals surface area contributed by atoms with Crippen molar-refractivity contribution in [3.8, 4) is 6.07 Å². The van der Waals surface area contributed by atoms with Crippen molar-refractivity contribution in [1.82, 2.24) is 4.90 Å². The Kier molecular flexibility index (Phi) is 2.89. The average Bonchev–Trinajstić information content (AvgIpc) is 2.51. The standard InChI is InChI=1S/C9H10N2S/c1-11(2)6-9(5-10)8-3-4-12-7-8/h3-4,6-7H,1-2H3/b9-6+. The van der Waals surface area contributed by atoms with Gasteiger partial charge in [0.05, 0.1) is 5.57 Å². The predicted molar refractivity (Wildman–Crippen MR) is 51.6 cm³/mol. The van der Waals surface area contributed by atoms with E-state index in [1.165, 1.54) is 0 Å². The summed E-state index contributed by atoms with van der Waals surface area (Å²) in [6.45, 7) is 0. The summed E-state index contributed by atoms with van der Waals surface area (Å²) >= 11 is 1.60. The summed E-state index contributed by atoms with van der Waals surface area (Å²) in [6.07, 6.45) is 1.82. The van der Waals surface area contributed by atoms with E-state index >= 15 is 0 Å². The van der Waals surface area contributed by atoms with E-state index in [2.05, 4.69) is 6.07 Å². The molecule has 0 N–H and O–H groups in total. The van der Waals surface area contributed by atoms with Gasteiger partial charge in [0.25, 0.3) is 0 Å². The highest BCUT2D eigenvalue weighted by molar-refractivity contribution is 7.08. The SMILES string of the molecule is CN(C)/C=C(\C#N)c1ccsc1. The van der Waals surface area contributed by atoms with E-state index in [-0.39, 0.29) is 0 Å². The fraction of sp³-hybridized carbons (Fsp3) is 0.222. The lowest BCUT2D eigenvalue weighted by molar-refractivity contribution is 0.566. The molecule has 1 aromatic heterocycles.